The van der Waals surface area contributed by atoms with E-state index in [1.165, 1.54) is 55.1 Å². The highest BCUT2D eigenvalue weighted by atomic mass is 79.9. The van der Waals surface area contributed by atoms with E-state index in [0.29, 0.717) is 4.47 Å². The van der Waals surface area contributed by atoms with Gasteiger partial charge in [0.05, 0.1) is 18.5 Å². The molecule has 3 heterocycles. The number of nitrogens with two attached hydrogens (primary N) is 1. The van der Waals surface area contributed by atoms with Gasteiger partial charge in [-0.1, -0.05) is 36.7 Å². The summed E-state index contributed by atoms with van der Waals surface area (Å²) in [4.78, 5) is 26.4. The monoisotopic (exact) mass is 645 g/mol. The molecule has 4 rings (SSSR count). The van der Waals surface area contributed by atoms with Gasteiger partial charge in [0.1, 0.15) is 35.9 Å². The smallest absolute Gasteiger partial charge is 0.362 e. The number of anilines is 1. The van der Waals surface area contributed by atoms with E-state index in [9.17, 15) is 28.5 Å². The number of phenolic OH excluding ortho intramolecular Hbond substituents is 1. The summed E-state index contributed by atoms with van der Waals surface area (Å²) in [6.07, 6.45) is -3.01. The van der Waals surface area contributed by atoms with Crippen molar-refractivity contribution in [3.63, 3.8) is 0 Å². The molecule has 1 amide bonds. The minimum Gasteiger partial charge on any atom is -0.507 e. The fourth-order valence-corrected chi connectivity index (χ4v) is 4.93. The lowest BCUT2D eigenvalue weighted by atomic mass is 10.1. The Balaban J connectivity index is 0.000000559. The van der Waals surface area contributed by atoms with Crippen LogP contribution in [-0.4, -0.2) is 98.6 Å². The Morgan fingerprint density at radius 1 is 1.18 bits per heavy atom. The zero-order chi connectivity index (χ0) is 29.6. The third kappa shape index (κ3) is 7.42. The number of nitrogen functional groups attached to an aromatic ring is 1. The summed E-state index contributed by atoms with van der Waals surface area (Å²) < 4.78 is 38.1. The number of phenols is 1. The van der Waals surface area contributed by atoms with E-state index >= 15 is 0 Å². The van der Waals surface area contributed by atoms with E-state index < -0.39 is 53.1 Å². The number of rotatable bonds is 9. The highest BCUT2D eigenvalue weighted by Crippen LogP contribution is 2.32. The molecule has 1 aliphatic rings. The zero-order valence-electron chi connectivity index (χ0n) is 22.0. The van der Waals surface area contributed by atoms with Crippen LogP contribution >= 0.6 is 15.9 Å². The number of fused-ring (bicyclic) bond motifs is 1. The summed E-state index contributed by atoms with van der Waals surface area (Å²) in [6.45, 7) is 9.40. The normalized spacial score (nSPS) is 20.9. The molecule has 6 N–H and O–H groups in total. The van der Waals surface area contributed by atoms with Crippen molar-refractivity contribution in [1.29, 1.82) is 0 Å². The van der Waals surface area contributed by atoms with Crippen molar-refractivity contribution in [2.45, 2.75) is 45.3 Å². The number of aromatic hydroxyl groups is 1. The predicted molar refractivity (Wildman–Crippen MR) is 147 cm³/mol. The van der Waals surface area contributed by atoms with Crippen LogP contribution in [-0.2, 0) is 19.2 Å². The summed E-state index contributed by atoms with van der Waals surface area (Å²) in [5.41, 5.74) is 5.92. The highest BCUT2D eigenvalue weighted by molar-refractivity contribution is 9.10. The van der Waals surface area contributed by atoms with E-state index in [4.69, 9.17) is 14.7 Å². The van der Waals surface area contributed by atoms with Crippen LogP contribution in [0.1, 0.15) is 37.4 Å². The third-order valence-corrected chi connectivity index (χ3v) is 7.52. The maximum atomic E-state index is 12.2. The molecular formula is C23H32BrN7O8S. The number of ether oxygens (including phenoxy) is 1. The highest BCUT2D eigenvalue weighted by Gasteiger charge is 2.45. The average Bonchev–Trinajstić information content (AvgIpc) is 3.45. The Labute approximate surface area is 239 Å². The second kappa shape index (κ2) is 13.6. The molecule has 4 atom stereocenters. The van der Waals surface area contributed by atoms with Crippen LogP contribution in [0, 0.1) is 0 Å². The van der Waals surface area contributed by atoms with Crippen LogP contribution in [0.2, 0.25) is 0 Å². The average molecular weight is 647 g/mol. The molecule has 3 aromatic rings. The van der Waals surface area contributed by atoms with E-state index in [0.717, 1.165) is 0 Å². The Morgan fingerprint density at radius 2 is 1.85 bits per heavy atom. The lowest BCUT2D eigenvalue weighted by molar-refractivity contribution is -0.0468. The van der Waals surface area contributed by atoms with Gasteiger partial charge >= 0.3 is 10.3 Å². The first kappa shape index (κ1) is 31.6. The molecule has 1 saturated heterocycles. The standard InChI is InChI=1S/C17H17BrN6O8S.C6H15N/c18-7-1-2-8(9(25)3-7)16(28)23-33(29,30)31-4-10-12(26)13(27)17(32-10)24-6-22-11-14(19)20-5-21-15(11)24;1-4-7(5-2)6-3/h1-3,5-6,10,12-13,17,25-27H,4H2,(H,23,28)(H2,19,20,21);4-6H2,1-3H3/t10-,12-,13-,17-;/m1./s1. The lowest BCUT2D eigenvalue weighted by Gasteiger charge is -2.16. The Hall–Kier alpha value is -2.93. The minimum absolute atomic E-state index is 0.102. The van der Waals surface area contributed by atoms with Crippen LogP contribution in [0.15, 0.2) is 35.3 Å². The van der Waals surface area contributed by atoms with Crippen LogP contribution in [0.4, 0.5) is 5.82 Å². The van der Waals surface area contributed by atoms with Crippen molar-refractivity contribution in [2.75, 3.05) is 32.0 Å². The number of halogens is 1. The van der Waals surface area contributed by atoms with Crippen molar-refractivity contribution >= 4 is 49.1 Å². The van der Waals surface area contributed by atoms with Gasteiger partial charge in [-0.25, -0.2) is 19.7 Å². The Bertz CT molecular complexity index is 1410. The van der Waals surface area contributed by atoms with Crippen molar-refractivity contribution < 1.29 is 37.5 Å². The number of nitrogens with one attached hydrogen (secondary N) is 1. The molecule has 0 spiro atoms. The second-order valence-corrected chi connectivity index (χ2v) is 10.8. The molecule has 2 aromatic heterocycles. The van der Waals surface area contributed by atoms with Gasteiger partial charge in [0.15, 0.2) is 17.7 Å². The zero-order valence-corrected chi connectivity index (χ0v) is 24.4. The van der Waals surface area contributed by atoms with E-state index in [2.05, 4.69) is 56.6 Å². The summed E-state index contributed by atoms with van der Waals surface area (Å²) in [5, 5.41) is 30.5. The molecule has 220 valence electrons. The minimum atomic E-state index is -4.65. The Kier molecular flexibility index (Phi) is 10.8. The van der Waals surface area contributed by atoms with Gasteiger partial charge in [-0.05, 0) is 37.8 Å². The van der Waals surface area contributed by atoms with Gasteiger partial charge in [0.25, 0.3) is 5.91 Å². The largest absolute Gasteiger partial charge is 0.507 e. The lowest BCUT2D eigenvalue weighted by Crippen LogP contribution is -2.37. The maximum Gasteiger partial charge on any atom is 0.362 e. The molecule has 0 saturated carbocycles. The molecule has 17 heteroatoms. The fourth-order valence-electron chi connectivity index (χ4n) is 3.88. The van der Waals surface area contributed by atoms with E-state index in [1.54, 1.807) is 4.72 Å². The van der Waals surface area contributed by atoms with Gasteiger partial charge < -0.3 is 30.7 Å². The molecule has 0 radical (unpaired) electrons. The molecule has 1 aliphatic heterocycles. The van der Waals surface area contributed by atoms with Crippen LogP contribution in [0.5, 0.6) is 5.75 Å². The molecule has 0 aliphatic carbocycles. The van der Waals surface area contributed by atoms with Gasteiger partial charge in [-0.3, -0.25) is 13.5 Å². The van der Waals surface area contributed by atoms with Gasteiger partial charge in [-0.15, -0.1) is 0 Å². The van der Waals surface area contributed by atoms with Crippen molar-refractivity contribution in [1.82, 2.24) is 29.1 Å². The SMILES string of the molecule is CCN(CC)CC.Nc1ncnc2c1ncn2[C@@H]1O[C@H](COS(=O)(=O)NC(=O)c2ccc(Br)cc2O)[C@@H](O)[C@H]1O. The number of benzene rings is 1. The summed E-state index contributed by atoms with van der Waals surface area (Å²) >= 11 is 3.10. The number of hydrogen-bond donors (Lipinski definition) is 5. The molecule has 0 unspecified atom stereocenters. The number of aliphatic hydroxyl groups excluding tert-OH is 2. The van der Waals surface area contributed by atoms with Crippen molar-refractivity contribution in [3.8, 4) is 5.75 Å². The van der Waals surface area contributed by atoms with E-state index in [1.807, 2.05) is 0 Å². The number of carbonyl (C=O) groups is 1. The van der Waals surface area contributed by atoms with Crippen LogP contribution < -0.4 is 10.5 Å². The van der Waals surface area contributed by atoms with Crippen LogP contribution in [0.3, 0.4) is 0 Å². The predicted octanol–water partition coefficient (Wildman–Crippen LogP) is 0.535. The number of aromatic nitrogens is 4. The van der Waals surface area contributed by atoms with Crippen LogP contribution in [0.25, 0.3) is 11.2 Å². The third-order valence-electron chi connectivity index (χ3n) is 6.15. The number of aliphatic hydroxyl groups is 2. The first-order chi connectivity index (χ1) is 18.9. The molecular weight excluding hydrogens is 614 g/mol. The topological polar surface area (TPSA) is 215 Å². The van der Waals surface area contributed by atoms with Gasteiger partial charge in [0, 0.05) is 4.47 Å². The quantitative estimate of drug-likeness (QED) is 0.215. The summed E-state index contributed by atoms with van der Waals surface area (Å²) in [6, 6.07) is 3.86. The fraction of sp³-hybridized carbons (Fsp3) is 0.478. The molecule has 0 bridgehead atoms. The molecule has 15 nitrogen and oxygen atoms in total. The number of imidazole rings is 1. The molecule has 1 aromatic carbocycles. The van der Waals surface area contributed by atoms with Crippen molar-refractivity contribution in [3.05, 3.63) is 40.9 Å². The first-order valence-electron chi connectivity index (χ1n) is 12.3. The second-order valence-electron chi connectivity index (χ2n) is 8.58. The Morgan fingerprint density at radius 3 is 2.45 bits per heavy atom. The first-order valence-corrected chi connectivity index (χ1v) is 14.5. The number of carbonyl (C=O) groups excluding carboxylic acids is 1. The van der Waals surface area contributed by atoms with Crippen molar-refractivity contribution in [2.24, 2.45) is 0 Å². The summed E-state index contributed by atoms with van der Waals surface area (Å²) in [7, 11) is -4.65. The number of nitrogens with zero attached hydrogens (tertiary/aromatic N) is 5. The number of hydrogen-bond acceptors (Lipinski definition) is 13. The maximum absolute atomic E-state index is 12.2. The van der Waals surface area contributed by atoms with Gasteiger partial charge in [0.2, 0.25) is 0 Å². The van der Waals surface area contributed by atoms with Gasteiger partial charge in [-0.2, -0.15) is 8.42 Å². The number of amides is 1. The van der Waals surface area contributed by atoms with E-state index in [-0.39, 0.29) is 22.5 Å². The molecule has 1 fully saturated rings. The summed E-state index contributed by atoms with van der Waals surface area (Å²) in [5.74, 6) is -1.48. The molecule has 40 heavy (non-hydrogen) atoms.